The largest absolute Gasteiger partial charge is 0.595 e. The number of hydrogen-bond acceptors (Lipinski definition) is 2. The van der Waals surface area contributed by atoms with Crippen LogP contribution in [0.1, 0.15) is 25.0 Å². The van der Waals surface area contributed by atoms with Gasteiger partial charge in [0, 0.05) is 5.57 Å². The molecule has 3 heteroatoms. The fourth-order valence-electron chi connectivity index (χ4n) is 2.51. The third-order valence-corrected chi connectivity index (χ3v) is 4.69. The fraction of sp³-hybridized carbons (Fsp3) is 0.158. The van der Waals surface area contributed by atoms with Crippen molar-refractivity contribution in [2.75, 3.05) is 0 Å². The molecule has 2 unspecified atom stereocenters. The van der Waals surface area contributed by atoms with Gasteiger partial charge in [0.2, 0.25) is 0 Å². The molecular formula is C19H19O2P. The molecule has 22 heavy (non-hydrogen) atoms. The van der Waals surface area contributed by atoms with E-state index in [4.69, 9.17) is 0 Å². The molecule has 2 rings (SSSR count). The van der Waals surface area contributed by atoms with Crippen LogP contribution in [0.2, 0.25) is 0 Å². The van der Waals surface area contributed by atoms with Crippen molar-refractivity contribution < 1.29 is 9.46 Å². The molecule has 0 amide bonds. The van der Waals surface area contributed by atoms with E-state index in [2.05, 4.69) is 6.58 Å². The fourth-order valence-corrected chi connectivity index (χ4v) is 3.07. The van der Waals surface area contributed by atoms with Gasteiger partial charge in [-0.3, -0.25) is 0 Å². The van der Waals surface area contributed by atoms with Gasteiger partial charge in [0.1, 0.15) is 0 Å². The van der Waals surface area contributed by atoms with Crippen LogP contribution in [0, 0.1) is 0 Å². The lowest BCUT2D eigenvalue weighted by atomic mass is 9.91. The predicted octanol–water partition coefficient (Wildman–Crippen LogP) is 4.66. The van der Waals surface area contributed by atoms with E-state index in [9.17, 15) is 9.46 Å². The van der Waals surface area contributed by atoms with E-state index in [0.717, 1.165) is 27.8 Å². The molecule has 0 N–H and O–H groups in total. The maximum Gasteiger partial charge on any atom is 0.316 e. The predicted molar refractivity (Wildman–Crippen MR) is 91.6 cm³/mol. The molecule has 2 nitrogen and oxygen atoms in total. The van der Waals surface area contributed by atoms with Crippen LogP contribution in [0.3, 0.4) is 0 Å². The standard InChI is InChI=1S/C19H19O2P/c1-14(17-10-6-4-7-11-17)15(2)19(16(3)22(20)21)18-12-8-5-9-13-18/h4-13,16H,1H2,2-3H3. The molecule has 0 spiro atoms. The maximum atomic E-state index is 11.6. The van der Waals surface area contributed by atoms with Crippen LogP contribution in [0.15, 0.2) is 72.8 Å². The summed E-state index contributed by atoms with van der Waals surface area (Å²) in [6, 6.07) is 19.4. The summed E-state index contributed by atoms with van der Waals surface area (Å²) in [6.45, 7) is 7.81. The van der Waals surface area contributed by atoms with Crippen LogP contribution in [-0.2, 0) is 4.57 Å². The molecule has 0 aliphatic rings. The van der Waals surface area contributed by atoms with Crippen molar-refractivity contribution in [1.82, 2.24) is 0 Å². The zero-order valence-corrected chi connectivity index (χ0v) is 13.7. The minimum absolute atomic E-state index is 0.558. The summed E-state index contributed by atoms with van der Waals surface area (Å²) >= 11 is 0. The smallest absolute Gasteiger partial charge is 0.316 e. The first-order chi connectivity index (χ1) is 10.5. The van der Waals surface area contributed by atoms with Gasteiger partial charge in [-0.05, 0) is 36.1 Å². The van der Waals surface area contributed by atoms with Gasteiger partial charge >= 0.3 is 8.03 Å². The maximum absolute atomic E-state index is 11.6. The van der Waals surface area contributed by atoms with Gasteiger partial charge in [0.15, 0.2) is 5.66 Å². The minimum atomic E-state index is -2.55. The highest BCUT2D eigenvalue weighted by Gasteiger charge is 2.25. The Morgan fingerprint density at radius 1 is 1.00 bits per heavy atom. The summed E-state index contributed by atoms with van der Waals surface area (Å²) in [5.74, 6) is 0. The summed E-state index contributed by atoms with van der Waals surface area (Å²) < 4.78 is 11.6. The van der Waals surface area contributed by atoms with E-state index in [1.165, 1.54) is 0 Å². The number of hydrogen-bond donors (Lipinski definition) is 0. The highest BCUT2D eigenvalue weighted by Crippen LogP contribution is 2.37. The van der Waals surface area contributed by atoms with Crippen molar-refractivity contribution in [3.05, 3.63) is 83.9 Å². The molecular weight excluding hydrogens is 291 g/mol. The molecule has 0 radical (unpaired) electrons. The van der Waals surface area contributed by atoms with Gasteiger partial charge in [-0.2, -0.15) is 0 Å². The van der Waals surface area contributed by atoms with E-state index >= 15 is 0 Å². The molecule has 0 saturated heterocycles. The number of rotatable bonds is 5. The lowest BCUT2D eigenvalue weighted by Crippen LogP contribution is -2.09. The molecule has 0 bridgehead atoms. The molecule has 2 atom stereocenters. The van der Waals surface area contributed by atoms with E-state index in [1.54, 1.807) is 6.92 Å². The van der Waals surface area contributed by atoms with Crippen molar-refractivity contribution in [3.8, 4) is 0 Å². The van der Waals surface area contributed by atoms with Crippen molar-refractivity contribution >= 4 is 19.2 Å². The third kappa shape index (κ3) is 3.59. The second-order valence-corrected chi connectivity index (χ2v) is 6.56. The Morgan fingerprint density at radius 2 is 1.45 bits per heavy atom. The minimum Gasteiger partial charge on any atom is -0.595 e. The second-order valence-electron chi connectivity index (χ2n) is 5.21. The van der Waals surface area contributed by atoms with Crippen molar-refractivity contribution in [3.63, 3.8) is 0 Å². The van der Waals surface area contributed by atoms with Gasteiger partial charge in [0.05, 0.1) is 0 Å². The Kier molecular flexibility index (Phi) is 5.43. The highest BCUT2D eigenvalue weighted by atomic mass is 31.1. The van der Waals surface area contributed by atoms with Gasteiger partial charge in [0.25, 0.3) is 0 Å². The quantitative estimate of drug-likeness (QED) is 0.595. The summed E-state index contributed by atoms with van der Waals surface area (Å²) in [6.07, 6.45) is 0. The van der Waals surface area contributed by atoms with Gasteiger partial charge in [-0.1, -0.05) is 71.8 Å². The second kappa shape index (κ2) is 7.31. The van der Waals surface area contributed by atoms with Gasteiger partial charge < -0.3 is 4.89 Å². The van der Waals surface area contributed by atoms with E-state index in [1.807, 2.05) is 67.6 Å². The highest BCUT2D eigenvalue weighted by molar-refractivity contribution is 7.38. The molecule has 112 valence electrons. The normalized spacial score (nSPS) is 14.0. The lowest BCUT2D eigenvalue weighted by Gasteiger charge is -2.16. The first kappa shape index (κ1) is 16.4. The molecule has 0 fully saturated rings. The van der Waals surface area contributed by atoms with Crippen molar-refractivity contribution in [2.45, 2.75) is 19.5 Å². The average molecular weight is 310 g/mol. The number of benzene rings is 2. The SMILES string of the molecule is C=C(C(C)=C(c1ccccc1)C(C)[P+](=O)[O-])c1ccccc1. The van der Waals surface area contributed by atoms with Gasteiger partial charge in [-0.15, -0.1) is 0 Å². The van der Waals surface area contributed by atoms with Crippen molar-refractivity contribution in [1.29, 1.82) is 0 Å². The van der Waals surface area contributed by atoms with Crippen LogP contribution >= 0.6 is 8.03 Å². The Morgan fingerprint density at radius 3 is 1.91 bits per heavy atom. The molecule has 2 aromatic rings. The Labute approximate surface area is 132 Å². The Hall–Kier alpha value is -2.02. The third-order valence-electron chi connectivity index (χ3n) is 3.80. The van der Waals surface area contributed by atoms with Crippen LogP contribution in [-0.4, -0.2) is 5.66 Å². The monoisotopic (exact) mass is 310 g/mol. The molecule has 0 saturated carbocycles. The summed E-state index contributed by atoms with van der Waals surface area (Å²) in [4.78, 5) is 11.6. The molecule has 0 aromatic heterocycles. The Bertz CT molecular complexity index is 703. The van der Waals surface area contributed by atoms with Gasteiger partial charge in [-0.25, -0.2) is 0 Å². The zero-order valence-electron chi connectivity index (χ0n) is 12.8. The van der Waals surface area contributed by atoms with E-state index < -0.39 is 13.7 Å². The Balaban J connectivity index is 2.56. The lowest BCUT2D eigenvalue weighted by molar-refractivity contribution is -0.165. The molecule has 0 aliphatic heterocycles. The average Bonchev–Trinajstić information content (AvgIpc) is 2.56. The van der Waals surface area contributed by atoms with Crippen LogP contribution < -0.4 is 4.89 Å². The molecule has 0 aliphatic carbocycles. The van der Waals surface area contributed by atoms with Crippen LogP contribution in [0.5, 0.6) is 0 Å². The first-order valence-corrected chi connectivity index (χ1v) is 8.41. The molecule has 2 aromatic carbocycles. The zero-order chi connectivity index (χ0) is 16.1. The van der Waals surface area contributed by atoms with Crippen LogP contribution in [0.25, 0.3) is 11.1 Å². The van der Waals surface area contributed by atoms with E-state index in [-0.39, 0.29) is 0 Å². The summed E-state index contributed by atoms with van der Waals surface area (Å²) in [5, 5.41) is 0. The first-order valence-electron chi connectivity index (χ1n) is 7.16. The topological polar surface area (TPSA) is 40.1 Å². The van der Waals surface area contributed by atoms with E-state index in [0.29, 0.717) is 0 Å². The summed E-state index contributed by atoms with van der Waals surface area (Å²) in [5.41, 5.74) is 3.93. The molecule has 0 heterocycles. The van der Waals surface area contributed by atoms with Crippen LogP contribution in [0.4, 0.5) is 0 Å². The van der Waals surface area contributed by atoms with Crippen molar-refractivity contribution in [2.24, 2.45) is 0 Å². The number of allylic oxidation sites excluding steroid dienone is 3. The summed E-state index contributed by atoms with van der Waals surface area (Å²) in [7, 11) is -2.55.